The van der Waals surface area contributed by atoms with Gasteiger partial charge in [-0.2, -0.15) is 13.2 Å². The van der Waals surface area contributed by atoms with Gasteiger partial charge in [-0.15, -0.1) is 0 Å². The number of halogens is 3. The third-order valence-electron chi connectivity index (χ3n) is 3.74. The molecule has 1 N–H and O–H groups in total. The molecule has 2 rings (SSSR count). The van der Waals surface area contributed by atoms with Crippen molar-refractivity contribution in [3.05, 3.63) is 41.5 Å². The SMILES string of the molecule is CC(=CC(=O)OC1(c2ccc(SC(F)(F)F)cc2)CCC1)C(=O)O. The predicted molar refractivity (Wildman–Crippen MR) is 81.4 cm³/mol. The second-order valence-electron chi connectivity index (χ2n) is 5.47. The number of aliphatic carboxylic acids is 1. The molecule has 8 heteroatoms. The van der Waals surface area contributed by atoms with Crippen LogP contribution in [0.25, 0.3) is 0 Å². The highest BCUT2D eigenvalue weighted by atomic mass is 32.2. The van der Waals surface area contributed by atoms with E-state index in [2.05, 4.69) is 0 Å². The van der Waals surface area contributed by atoms with Crippen LogP contribution in [0.4, 0.5) is 13.2 Å². The molecule has 130 valence electrons. The van der Waals surface area contributed by atoms with Crippen LogP contribution in [-0.4, -0.2) is 22.6 Å². The molecule has 1 aromatic carbocycles. The van der Waals surface area contributed by atoms with Crippen molar-refractivity contribution < 1.29 is 32.6 Å². The van der Waals surface area contributed by atoms with Crippen molar-refractivity contribution in [1.29, 1.82) is 0 Å². The first-order valence-corrected chi connectivity index (χ1v) is 7.94. The molecule has 0 unspecified atom stereocenters. The molecular weight excluding hydrogens is 345 g/mol. The Morgan fingerprint density at radius 3 is 2.25 bits per heavy atom. The molecule has 1 saturated carbocycles. The van der Waals surface area contributed by atoms with Crippen molar-refractivity contribution in [2.45, 2.75) is 42.2 Å². The van der Waals surface area contributed by atoms with Crippen LogP contribution in [0.15, 0.2) is 40.8 Å². The topological polar surface area (TPSA) is 63.6 Å². The summed E-state index contributed by atoms with van der Waals surface area (Å²) in [7, 11) is 0. The quantitative estimate of drug-likeness (QED) is 0.483. The fourth-order valence-corrected chi connectivity index (χ4v) is 2.91. The molecule has 1 aliphatic rings. The maximum Gasteiger partial charge on any atom is 0.446 e. The number of carboxylic acid groups (broad SMARTS) is 1. The fraction of sp³-hybridized carbons (Fsp3) is 0.375. The van der Waals surface area contributed by atoms with Crippen molar-refractivity contribution in [3.63, 3.8) is 0 Å². The highest BCUT2D eigenvalue weighted by molar-refractivity contribution is 8.00. The number of benzene rings is 1. The summed E-state index contributed by atoms with van der Waals surface area (Å²) < 4.78 is 42.5. The average molecular weight is 360 g/mol. The Balaban J connectivity index is 2.14. The van der Waals surface area contributed by atoms with Gasteiger partial charge in [0.15, 0.2) is 0 Å². The van der Waals surface area contributed by atoms with E-state index in [0.29, 0.717) is 18.4 Å². The molecule has 0 saturated heterocycles. The number of carbonyl (C=O) groups excluding carboxylic acids is 1. The highest BCUT2D eigenvalue weighted by Gasteiger charge is 2.42. The number of carboxylic acids is 1. The number of hydrogen-bond acceptors (Lipinski definition) is 4. The lowest BCUT2D eigenvalue weighted by atomic mass is 9.75. The number of thioether (sulfide) groups is 1. The smallest absolute Gasteiger partial charge is 0.446 e. The van der Waals surface area contributed by atoms with Crippen LogP contribution in [0, 0.1) is 0 Å². The van der Waals surface area contributed by atoms with Gasteiger partial charge in [0.05, 0.1) is 0 Å². The normalized spacial score (nSPS) is 17.1. The van der Waals surface area contributed by atoms with Crippen molar-refractivity contribution >= 4 is 23.7 Å². The molecule has 0 atom stereocenters. The summed E-state index contributed by atoms with van der Waals surface area (Å²) in [6.45, 7) is 1.28. The fourth-order valence-electron chi connectivity index (χ4n) is 2.37. The van der Waals surface area contributed by atoms with Crippen molar-refractivity contribution in [3.8, 4) is 0 Å². The van der Waals surface area contributed by atoms with Gasteiger partial charge in [0.1, 0.15) is 5.60 Å². The zero-order valence-electron chi connectivity index (χ0n) is 12.7. The third kappa shape index (κ3) is 4.53. The number of alkyl halides is 3. The van der Waals surface area contributed by atoms with Gasteiger partial charge < -0.3 is 9.84 Å². The predicted octanol–water partition coefficient (Wildman–Crippen LogP) is 4.25. The van der Waals surface area contributed by atoms with Gasteiger partial charge in [-0.3, -0.25) is 0 Å². The van der Waals surface area contributed by atoms with E-state index >= 15 is 0 Å². The number of hydrogen-bond donors (Lipinski definition) is 1. The van der Waals surface area contributed by atoms with Crippen LogP contribution in [0.3, 0.4) is 0 Å². The zero-order valence-corrected chi connectivity index (χ0v) is 13.5. The Kier molecular flexibility index (Phi) is 5.27. The maximum absolute atomic E-state index is 12.4. The minimum absolute atomic E-state index is 0.0497. The van der Waals surface area contributed by atoms with Crippen molar-refractivity contribution in [2.75, 3.05) is 0 Å². The summed E-state index contributed by atoms with van der Waals surface area (Å²) in [6, 6.07) is 5.68. The second kappa shape index (κ2) is 6.88. The summed E-state index contributed by atoms with van der Waals surface area (Å²) in [6.07, 6.45) is 2.80. The summed E-state index contributed by atoms with van der Waals surface area (Å²) in [5.74, 6) is -1.99. The summed E-state index contributed by atoms with van der Waals surface area (Å²) >= 11 is -0.211. The molecule has 0 spiro atoms. The molecule has 1 aromatic rings. The van der Waals surface area contributed by atoms with Crippen LogP contribution in [0.1, 0.15) is 31.7 Å². The monoisotopic (exact) mass is 360 g/mol. The van der Waals surface area contributed by atoms with Gasteiger partial charge in [-0.1, -0.05) is 12.1 Å². The van der Waals surface area contributed by atoms with Gasteiger partial charge in [-0.25, -0.2) is 9.59 Å². The third-order valence-corrected chi connectivity index (χ3v) is 4.48. The van der Waals surface area contributed by atoms with E-state index in [0.717, 1.165) is 12.5 Å². The van der Waals surface area contributed by atoms with E-state index in [-0.39, 0.29) is 22.2 Å². The number of esters is 1. The Morgan fingerprint density at radius 2 is 1.83 bits per heavy atom. The van der Waals surface area contributed by atoms with Gasteiger partial charge >= 0.3 is 17.4 Å². The number of rotatable bonds is 5. The van der Waals surface area contributed by atoms with Crippen LogP contribution in [0.5, 0.6) is 0 Å². The standard InChI is InChI=1S/C16H15F3O4S/c1-10(14(21)22)9-13(20)23-15(7-2-8-15)11-3-5-12(6-4-11)24-16(17,18)19/h3-6,9H,2,7-8H2,1H3,(H,21,22). The molecule has 4 nitrogen and oxygen atoms in total. The van der Waals surface area contributed by atoms with Gasteiger partial charge in [0.25, 0.3) is 0 Å². The van der Waals surface area contributed by atoms with E-state index in [1.54, 1.807) is 0 Å². The minimum Gasteiger partial charge on any atom is -0.478 e. The van der Waals surface area contributed by atoms with Gasteiger partial charge in [0.2, 0.25) is 0 Å². The lowest BCUT2D eigenvalue weighted by molar-refractivity contribution is -0.165. The van der Waals surface area contributed by atoms with Crippen molar-refractivity contribution in [1.82, 2.24) is 0 Å². The summed E-state index contributed by atoms with van der Waals surface area (Å²) in [5.41, 5.74) is -4.80. The maximum atomic E-state index is 12.4. The molecule has 0 aliphatic heterocycles. The zero-order chi connectivity index (χ0) is 18.0. The molecule has 0 bridgehead atoms. The Labute approximate surface area is 140 Å². The first kappa shape index (κ1) is 18.4. The highest BCUT2D eigenvalue weighted by Crippen LogP contribution is 2.46. The van der Waals surface area contributed by atoms with Crippen LogP contribution in [-0.2, 0) is 19.9 Å². The average Bonchev–Trinajstić information content (AvgIpc) is 2.42. The molecule has 1 fully saturated rings. The molecule has 0 radical (unpaired) electrons. The molecule has 0 amide bonds. The minimum atomic E-state index is -4.36. The van der Waals surface area contributed by atoms with E-state index < -0.39 is 23.0 Å². The largest absolute Gasteiger partial charge is 0.478 e. The number of ether oxygens (including phenoxy) is 1. The Hall–Kier alpha value is -1.96. The molecule has 0 heterocycles. The van der Waals surface area contributed by atoms with E-state index in [1.165, 1.54) is 31.2 Å². The van der Waals surface area contributed by atoms with E-state index in [1.807, 2.05) is 0 Å². The van der Waals surface area contributed by atoms with E-state index in [9.17, 15) is 22.8 Å². The lowest BCUT2D eigenvalue weighted by Gasteiger charge is -2.41. The molecule has 1 aliphatic carbocycles. The van der Waals surface area contributed by atoms with E-state index in [4.69, 9.17) is 9.84 Å². The lowest BCUT2D eigenvalue weighted by Crippen LogP contribution is -2.38. The Bertz CT molecular complexity index is 661. The number of carbonyl (C=O) groups is 2. The summed E-state index contributed by atoms with van der Waals surface area (Å²) in [4.78, 5) is 22.7. The molecule has 24 heavy (non-hydrogen) atoms. The van der Waals surface area contributed by atoms with Crippen LogP contribution >= 0.6 is 11.8 Å². The molecule has 0 aromatic heterocycles. The second-order valence-corrected chi connectivity index (χ2v) is 6.61. The van der Waals surface area contributed by atoms with Crippen LogP contribution in [0.2, 0.25) is 0 Å². The van der Waals surface area contributed by atoms with Gasteiger partial charge in [-0.05, 0) is 55.6 Å². The van der Waals surface area contributed by atoms with Gasteiger partial charge in [0, 0.05) is 16.5 Å². The molecular formula is C16H15F3O4S. The summed E-state index contributed by atoms with van der Waals surface area (Å²) in [5, 5.41) is 8.77. The Morgan fingerprint density at radius 1 is 1.25 bits per heavy atom. The van der Waals surface area contributed by atoms with Crippen LogP contribution < -0.4 is 0 Å². The van der Waals surface area contributed by atoms with Crippen molar-refractivity contribution in [2.24, 2.45) is 0 Å². The first-order chi connectivity index (χ1) is 11.1. The first-order valence-electron chi connectivity index (χ1n) is 7.12.